The molecule has 21 heavy (non-hydrogen) atoms. The molecule has 0 saturated carbocycles. The number of rotatable bonds is 7. The number of amides is 1. The van der Waals surface area contributed by atoms with Crippen LogP contribution in [-0.2, 0) is 11.2 Å². The van der Waals surface area contributed by atoms with Crippen LogP contribution in [0.1, 0.15) is 40.2 Å². The molecule has 2 N–H and O–H groups in total. The third-order valence-corrected chi connectivity index (χ3v) is 3.55. The minimum absolute atomic E-state index is 0.0506. The highest BCUT2D eigenvalue weighted by molar-refractivity contribution is 5.94. The maximum Gasteiger partial charge on any atom is 0.241 e. The van der Waals surface area contributed by atoms with Gasteiger partial charge in [0.1, 0.15) is 0 Å². The third-order valence-electron chi connectivity index (χ3n) is 3.55. The van der Waals surface area contributed by atoms with Crippen LogP contribution >= 0.6 is 0 Å². The summed E-state index contributed by atoms with van der Waals surface area (Å²) in [4.78, 5) is 14.3. The lowest BCUT2D eigenvalue weighted by Gasteiger charge is -2.32. The fourth-order valence-electron chi connectivity index (χ4n) is 2.26. The van der Waals surface area contributed by atoms with Crippen molar-refractivity contribution < 1.29 is 9.90 Å². The largest absolute Gasteiger partial charge is 0.389 e. The zero-order valence-corrected chi connectivity index (χ0v) is 13.8. The van der Waals surface area contributed by atoms with Crippen molar-refractivity contribution in [2.24, 2.45) is 0 Å². The molecule has 0 aliphatic rings. The van der Waals surface area contributed by atoms with Gasteiger partial charge < -0.3 is 10.4 Å². The number of nitrogens with zero attached hydrogens (tertiary/aromatic N) is 1. The summed E-state index contributed by atoms with van der Waals surface area (Å²) in [6.07, 6.45) is 0.986. The number of hydrogen-bond acceptors (Lipinski definition) is 3. The Balaban J connectivity index is 2.67. The van der Waals surface area contributed by atoms with Crippen LogP contribution in [0.3, 0.4) is 0 Å². The summed E-state index contributed by atoms with van der Waals surface area (Å²) in [6.45, 7) is 10.6. The molecule has 0 aromatic heterocycles. The molecule has 0 fully saturated rings. The van der Waals surface area contributed by atoms with Crippen LogP contribution in [0.2, 0.25) is 0 Å². The minimum atomic E-state index is -0.812. The van der Waals surface area contributed by atoms with Crippen LogP contribution < -0.4 is 5.32 Å². The second-order valence-electron chi connectivity index (χ2n) is 6.09. The van der Waals surface area contributed by atoms with Gasteiger partial charge in [0, 0.05) is 12.2 Å². The molecule has 1 aromatic rings. The highest BCUT2D eigenvalue weighted by atomic mass is 16.3. The Morgan fingerprint density at radius 2 is 1.86 bits per heavy atom. The van der Waals surface area contributed by atoms with Gasteiger partial charge >= 0.3 is 0 Å². The lowest BCUT2D eigenvalue weighted by atomic mass is 10.1. The van der Waals surface area contributed by atoms with E-state index in [1.54, 1.807) is 13.8 Å². The molecule has 0 heterocycles. The average Bonchev–Trinajstić information content (AvgIpc) is 2.43. The number of aliphatic hydroxyl groups is 1. The maximum atomic E-state index is 12.3. The number of hydrogen-bond donors (Lipinski definition) is 2. The molecule has 0 bridgehead atoms. The van der Waals surface area contributed by atoms with Crippen molar-refractivity contribution in [3.8, 4) is 0 Å². The van der Waals surface area contributed by atoms with Crippen molar-refractivity contribution in [1.82, 2.24) is 4.90 Å². The molecular formula is C17H28N2O2. The number of aryl methyl sites for hydroxylation is 1. The molecule has 1 rings (SSSR count). The van der Waals surface area contributed by atoms with E-state index in [0.717, 1.165) is 12.1 Å². The van der Waals surface area contributed by atoms with Crippen LogP contribution in [0.15, 0.2) is 24.3 Å². The number of benzene rings is 1. The summed E-state index contributed by atoms with van der Waals surface area (Å²) in [5.74, 6) is -0.0506. The first-order valence-corrected chi connectivity index (χ1v) is 7.63. The van der Waals surface area contributed by atoms with Crippen LogP contribution in [-0.4, -0.2) is 40.6 Å². The normalized spacial score (nSPS) is 13.3. The lowest BCUT2D eigenvalue weighted by Crippen LogP contribution is -2.48. The smallest absolute Gasteiger partial charge is 0.241 e. The summed E-state index contributed by atoms with van der Waals surface area (Å²) < 4.78 is 0. The maximum absolute atomic E-state index is 12.3. The summed E-state index contributed by atoms with van der Waals surface area (Å²) in [7, 11) is 0. The van der Waals surface area contributed by atoms with Crippen molar-refractivity contribution in [2.75, 3.05) is 18.4 Å². The van der Waals surface area contributed by atoms with E-state index in [2.05, 4.69) is 12.2 Å². The van der Waals surface area contributed by atoms with Crippen LogP contribution in [0.25, 0.3) is 0 Å². The molecule has 0 aliphatic heterocycles. The third kappa shape index (κ3) is 5.86. The molecule has 1 amide bonds. The quantitative estimate of drug-likeness (QED) is 0.812. The highest BCUT2D eigenvalue weighted by Gasteiger charge is 2.25. The SMILES string of the molecule is CCc1ccc(NC(=O)C(C)N(CC)CC(C)(C)O)cc1. The number of carbonyl (C=O) groups excluding carboxylic acids is 1. The standard InChI is InChI=1S/C17H28N2O2/c1-6-14-8-10-15(11-9-14)18-16(20)13(3)19(7-2)12-17(4,5)21/h8-11,13,21H,6-7,12H2,1-5H3,(H,18,20). The first-order chi connectivity index (χ1) is 9.76. The molecule has 1 atom stereocenters. The predicted octanol–water partition coefficient (Wildman–Crippen LogP) is 2.67. The average molecular weight is 292 g/mol. The molecule has 4 nitrogen and oxygen atoms in total. The van der Waals surface area contributed by atoms with Crippen molar-refractivity contribution in [1.29, 1.82) is 0 Å². The second kappa shape index (κ2) is 7.57. The van der Waals surface area contributed by atoms with Gasteiger partial charge in [0.15, 0.2) is 0 Å². The molecule has 0 spiro atoms. The molecular weight excluding hydrogens is 264 g/mol. The van der Waals surface area contributed by atoms with Crippen molar-refractivity contribution in [2.45, 2.75) is 52.7 Å². The van der Waals surface area contributed by atoms with Gasteiger partial charge in [0.2, 0.25) is 5.91 Å². The number of anilines is 1. The Kier molecular flexibility index (Phi) is 6.37. The number of nitrogens with one attached hydrogen (secondary N) is 1. The summed E-state index contributed by atoms with van der Waals surface area (Å²) in [5, 5.41) is 12.9. The van der Waals surface area contributed by atoms with Gasteiger partial charge in [-0.1, -0.05) is 26.0 Å². The van der Waals surface area contributed by atoms with Gasteiger partial charge in [-0.05, 0) is 51.4 Å². The van der Waals surface area contributed by atoms with Gasteiger partial charge in [-0.2, -0.15) is 0 Å². The zero-order valence-electron chi connectivity index (χ0n) is 13.8. The second-order valence-corrected chi connectivity index (χ2v) is 6.09. The van der Waals surface area contributed by atoms with Gasteiger partial charge in [-0.3, -0.25) is 9.69 Å². The first-order valence-electron chi connectivity index (χ1n) is 7.63. The van der Waals surface area contributed by atoms with Crippen molar-refractivity contribution in [3.63, 3.8) is 0 Å². The predicted molar refractivity (Wildman–Crippen MR) is 87.5 cm³/mol. The van der Waals surface area contributed by atoms with Crippen molar-refractivity contribution >= 4 is 11.6 Å². The van der Waals surface area contributed by atoms with E-state index < -0.39 is 5.60 Å². The van der Waals surface area contributed by atoms with Gasteiger partial charge in [0.05, 0.1) is 11.6 Å². The molecule has 4 heteroatoms. The van der Waals surface area contributed by atoms with Gasteiger partial charge in [-0.25, -0.2) is 0 Å². The number of carbonyl (C=O) groups is 1. The van der Waals surface area contributed by atoms with E-state index in [-0.39, 0.29) is 11.9 Å². The molecule has 1 aromatic carbocycles. The molecule has 0 saturated heterocycles. The lowest BCUT2D eigenvalue weighted by molar-refractivity contribution is -0.121. The zero-order chi connectivity index (χ0) is 16.0. The fraction of sp³-hybridized carbons (Fsp3) is 0.588. The van der Waals surface area contributed by atoms with Crippen LogP contribution in [0.5, 0.6) is 0 Å². The number of likely N-dealkylation sites (N-methyl/N-ethyl adjacent to an activating group) is 1. The summed E-state index contributed by atoms with van der Waals surface area (Å²) >= 11 is 0. The van der Waals surface area contributed by atoms with Gasteiger partial charge in [0.25, 0.3) is 0 Å². The molecule has 1 unspecified atom stereocenters. The fourth-order valence-corrected chi connectivity index (χ4v) is 2.26. The minimum Gasteiger partial charge on any atom is -0.389 e. The van der Waals surface area contributed by atoms with E-state index in [0.29, 0.717) is 13.1 Å². The Morgan fingerprint density at radius 3 is 2.29 bits per heavy atom. The van der Waals surface area contributed by atoms with E-state index in [9.17, 15) is 9.90 Å². The Bertz CT molecular complexity index is 449. The van der Waals surface area contributed by atoms with E-state index in [4.69, 9.17) is 0 Å². The Hall–Kier alpha value is -1.39. The molecule has 118 valence electrons. The van der Waals surface area contributed by atoms with E-state index in [1.165, 1.54) is 5.56 Å². The van der Waals surface area contributed by atoms with Crippen molar-refractivity contribution in [3.05, 3.63) is 29.8 Å². The first kappa shape index (κ1) is 17.7. The monoisotopic (exact) mass is 292 g/mol. The Labute approximate surface area is 128 Å². The Morgan fingerprint density at radius 1 is 1.29 bits per heavy atom. The summed E-state index contributed by atoms with van der Waals surface area (Å²) in [5.41, 5.74) is 1.24. The topological polar surface area (TPSA) is 52.6 Å². The van der Waals surface area contributed by atoms with E-state index in [1.807, 2.05) is 43.0 Å². The highest BCUT2D eigenvalue weighted by Crippen LogP contribution is 2.13. The molecule has 0 radical (unpaired) electrons. The summed E-state index contributed by atoms with van der Waals surface area (Å²) in [6, 6.07) is 7.61. The van der Waals surface area contributed by atoms with Gasteiger partial charge in [-0.15, -0.1) is 0 Å². The molecule has 0 aliphatic carbocycles. The van der Waals surface area contributed by atoms with Crippen LogP contribution in [0.4, 0.5) is 5.69 Å². The van der Waals surface area contributed by atoms with E-state index >= 15 is 0 Å². The van der Waals surface area contributed by atoms with Crippen LogP contribution in [0, 0.1) is 0 Å².